The van der Waals surface area contributed by atoms with E-state index in [1.165, 1.54) is 25.6 Å². The molecule has 2 aliphatic rings. The zero-order chi connectivity index (χ0) is 25.0. The summed E-state index contributed by atoms with van der Waals surface area (Å²) in [7, 11) is 1.51. The highest BCUT2D eigenvalue weighted by atomic mass is 19.1. The lowest BCUT2D eigenvalue weighted by Gasteiger charge is -2.23. The highest BCUT2D eigenvalue weighted by Crippen LogP contribution is 2.67. The molecule has 0 bridgehead atoms. The van der Waals surface area contributed by atoms with Crippen molar-refractivity contribution in [3.8, 4) is 11.4 Å². The summed E-state index contributed by atoms with van der Waals surface area (Å²) in [6, 6.07) is 6.21. The molecule has 12 heteroatoms. The second-order valence-corrected chi connectivity index (χ2v) is 9.14. The lowest BCUT2D eigenvalue weighted by molar-refractivity contribution is -0.132. The lowest BCUT2D eigenvalue weighted by Crippen LogP contribution is -2.41. The quantitative estimate of drug-likeness (QED) is 0.311. The standard InChI is InChI=1S/C24H23FN8O3/c1-26-23(36)24-7-15(24)17(18(34)19(24)35)33-11-30-16-21(29-10-14-4-2-3-5-28-14)31-20(32-22(16)33)12-6-13(25)9-27-8-12/h2-6,8-9,11,15,17-19,34-35H,7,10H2,1H3,(H,26,36)(H,29,31,32)/t15-,17?,18+,19+,24+/m1/s1. The minimum atomic E-state index is -1.22. The summed E-state index contributed by atoms with van der Waals surface area (Å²) in [6.07, 6.45) is 3.78. The predicted octanol–water partition coefficient (Wildman–Crippen LogP) is 1.06. The number of amides is 1. The molecule has 2 fully saturated rings. The number of nitrogens with one attached hydrogen (secondary N) is 2. The summed E-state index contributed by atoms with van der Waals surface area (Å²) in [4.78, 5) is 34.5. The van der Waals surface area contributed by atoms with Gasteiger partial charge in [-0.25, -0.2) is 19.3 Å². The van der Waals surface area contributed by atoms with Gasteiger partial charge < -0.3 is 25.4 Å². The van der Waals surface area contributed by atoms with Gasteiger partial charge in [0.15, 0.2) is 17.3 Å². The van der Waals surface area contributed by atoms with Crippen molar-refractivity contribution >= 4 is 22.9 Å². The van der Waals surface area contributed by atoms with Crippen LogP contribution in [0, 0.1) is 17.2 Å². The molecule has 11 nitrogen and oxygen atoms in total. The van der Waals surface area contributed by atoms with Crippen LogP contribution in [-0.4, -0.2) is 64.9 Å². The van der Waals surface area contributed by atoms with Crippen LogP contribution in [0.5, 0.6) is 0 Å². The van der Waals surface area contributed by atoms with E-state index in [4.69, 9.17) is 0 Å². The second kappa shape index (κ2) is 8.28. The number of aliphatic hydroxyl groups excluding tert-OH is 2. The Labute approximate surface area is 204 Å². The number of carbonyl (C=O) groups excluding carboxylic acids is 1. The van der Waals surface area contributed by atoms with Crippen molar-refractivity contribution in [2.24, 2.45) is 11.3 Å². The Morgan fingerprint density at radius 2 is 2.11 bits per heavy atom. The van der Waals surface area contributed by atoms with Gasteiger partial charge >= 0.3 is 0 Å². The molecule has 0 spiro atoms. The van der Waals surface area contributed by atoms with Crippen LogP contribution in [0.3, 0.4) is 0 Å². The minimum absolute atomic E-state index is 0.209. The first-order chi connectivity index (χ1) is 17.4. The van der Waals surface area contributed by atoms with Crippen molar-refractivity contribution in [2.75, 3.05) is 12.4 Å². The Kier molecular flexibility index (Phi) is 5.16. The molecule has 5 atom stereocenters. The first kappa shape index (κ1) is 22.4. The monoisotopic (exact) mass is 490 g/mol. The maximum atomic E-state index is 13.9. The van der Waals surface area contributed by atoms with Crippen LogP contribution in [0.25, 0.3) is 22.6 Å². The number of anilines is 1. The molecule has 0 aliphatic heterocycles. The number of hydrogen-bond acceptors (Lipinski definition) is 9. The van der Waals surface area contributed by atoms with Gasteiger partial charge in [-0.15, -0.1) is 0 Å². The van der Waals surface area contributed by atoms with Crippen LogP contribution in [0.15, 0.2) is 49.2 Å². The zero-order valence-corrected chi connectivity index (χ0v) is 19.2. The molecule has 0 saturated heterocycles. The van der Waals surface area contributed by atoms with Crippen molar-refractivity contribution in [1.29, 1.82) is 0 Å². The van der Waals surface area contributed by atoms with Gasteiger partial charge in [-0.2, -0.15) is 0 Å². The average Bonchev–Trinajstić information content (AvgIpc) is 3.43. The number of imidazole rings is 1. The number of carbonyl (C=O) groups is 1. The number of aromatic nitrogens is 6. The fourth-order valence-corrected chi connectivity index (χ4v) is 5.38. The molecule has 36 heavy (non-hydrogen) atoms. The van der Waals surface area contributed by atoms with Crippen molar-refractivity contribution in [2.45, 2.75) is 31.2 Å². The topological polar surface area (TPSA) is 151 Å². The van der Waals surface area contributed by atoms with Crippen molar-refractivity contribution in [3.05, 3.63) is 60.7 Å². The molecular formula is C24H23FN8O3. The number of aliphatic hydroxyl groups is 2. The summed E-state index contributed by atoms with van der Waals surface area (Å²) in [5.74, 6) is -0.523. The molecule has 4 aromatic heterocycles. The third-order valence-corrected chi connectivity index (χ3v) is 7.19. The van der Waals surface area contributed by atoms with Crippen molar-refractivity contribution in [1.82, 2.24) is 34.8 Å². The Bertz CT molecular complexity index is 1460. The average molecular weight is 490 g/mol. The van der Waals surface area contributed by atoms with E-state index < -0.39 is 29.5 Å². The second-order valence-electron chi connectivity index (χ2n) is 9.14. The van der Waals surface area contributed by atoms with Gasteiger partial charge in [0.2, 0.25) is 5.91 Å². The molecular weight excluding hydrogens is 467 g/mol. The highest BCUT2D eigenvalue weighted by Gasteiger charge is 2.75. The van der Waals surface area contributed by atoms with Gasteiger partial charge in [0.05, 0.1) is 42.3 Å². The fraction of sp³-hybridized carbons (Fsp3) is 0.333. The number of rotatable bonds is 6. The van der Waals surface area contributed by atoms with Crippen molar-refractivity contribution in [3.63, 3.8) is 0 Å². The Hall–Kier alpha value is -4.03. The largest absolute Gasteiger partial charge is 0.389 e. The van der Waals surface area contributed by atoms with Crippen LogP contribution < -0.4 is 10.6 Å². The van der Waals surface area contributed by atoms with Crippen LogP contribution in [0.4, 0.5) is 10.2 Å². The van der Waals surface area contributed by atoms with Crippen LogP contribution in [0.1, 0.15) is 18.2 Å². The van der Waals surface area contributed by atoms with Gasteiger partial charge in [0, 0.05) is 30.9 Å². The molecule has 2 saturated carbocycles. The molecule has 1 amide bonds. The molecule has 184 valence electrons. The van der Waals surface area contributed by atoms with Gasteiger partial charge in [-0.3, -0.25) is 14.8 Å². The maximum Gasteiger partial charge on any atom is 0.229 e. The summed E-state index contributed by atoms with van der Waals surface area (Å²) >= 11 is 0. The van der Waals surface area contributed by atoms with Crippen LogP contribution in [-0.2, 0) is 11.3 Å². The molecule has 6 rings (SSSR count). The molecule has 4 heterocycles. The van der Waals surface area contributed by atoms with Crippen LogP contribution >= 0.6 is 0 Å². The van der Waals surface area contributed by atoms with E-state index in [9.17, 15) is 19.4 Å². The predicted molar refractivity (Wildman–Crippen MR) is 126 cm³/mol. The molecule has 1 unspecified atom stereocenters. The van der Waals surface area contributed by atoms with E-state index in [0.717, 1.165) is 11.9 Å². The molecule has 4 aromatic rings. The van der Waals surface area contributed by atoms with E-state index in [1.807, 2.05) is 18.2 Å². The third kappa shape index (κ3) is 3.33. The highest BCUT2D eigenvalue weighted by molar-refractivity contribution is 5.88. The van der Waals surface area contributed by atoms with E-state index in [-0.39, 0.29) is 17.6 Å². The fourth-order valence-electron chi connectivity index (χ4n) is 5.38. The Morgan fingerprint density at radius 1 is 1.25 bits per heavy atom. The smallest absolute Gasteiger partial charge is 0.229 e. The number of pyridine rings is 2. The zero-order valence-electron chi connectivity index (χ0n) is 19.2. The molecule has 2 aliphatic carbocycles. The third-order valence-electron chi connectivity index (χ3n) is 7.19. The molecule has 4 N–H and O–H groups in total. The first-order valence-corrected chi connectivity index (χ1v) is 11.5. The van der Waals surface area contributed by atoms with Gasteiger partial charge in [0.1, 0.15) is 17.4 Å². The van der Waals surface area contributed by atoms with Gasteiger partial charge in [-0.1, -0.05) is 6.07 Å². The molecule has 0 aromatic carbocycles. The Morgan fingerprint density at radius 3 is 2.86 bits per heavy atom. The van der Waals surface area contributed by atoms with E-state index in [0.29, 0.717) is 35.5 Å². The molecule has 0 radical (unpaired) electrons. The minimum Gasteiger partial charge on any atom is -0.389 e. The van der Waals surface area contributed by atoms with Crippen molar-refractivity contribution < 1.29 is 19.4 Å². The maximum absolute atomic E-state index is 13.9. The van der Waals surface area contributed by atoms with E-state index >= 15 is 0 Å². The van der Waals surface area contributed by atoms with E-state index in [2.05, 4.69) is 35.6 Å². The van der Waals surface area contributed by atoms with Crippen LogP contribution in [0.2, 0.25) is 0 Å². The summed E-state index contributed by atoms with van der Waals surface area (Å²) in [5, 5.41) is 27.6. The summed E-state index contributed by atoms with van der Waals surface area (Å²) in [6.45, 7) is 0.355. The number of hydrogen-bond donors (Lipinski definition) is 4. The van der Waals surface area contributed by atoms with Gasteiger partial charge in [0.25, 0.3) is 0 Å². The summed E-state index contributed by atoms with van der Waals surface area (Å²) in [5.41, 5.74) is 0.907. The Balaban J connectivity index is 1.45. The van der Waals surface area contributed by atoms with Gasteiger partial charge in [-0.05, 0) is 24.6 Å². The number of fused-ring (bicyclic) bond motifs is 2. The number of nitrogens with zero attached hydrogens (tertiary/aromatic N) is 6. The first-order valence-electron chi connectivity index (χ1n) is 11.5. The summed E-state index contributed by atoms with van der Waals surface area (Å²) < 4.78 is 15.6. The normalized spacial score (nSPS) is 26.6. The number of halogens is 1. The SMILES string of the molecule is CNC(=O)[C@@]12C[C@@H]1C(n1cnc3c(NCc4ccccn4)nc(-c4cncc(F)c4)nc31)[C@H](O)[C@@H]2O. The lowest BCUT2D eigenvalue weighted by atomic mass is 9.98. The van der Waals surface area contributed by atoms with E-state index in [1.54, 1.807) is 10.8 Å².